The maximum Gasteiger partial charge on any atom is 0.257 e. The van der Waals surface area contributed by atoms with Crippen molar-refractivity contribution in [2.75, 3.05) is 17.2 Å². The molecule has 0 fully saturated rings. The molecule has 0 unspecified atom stereocenters. The van der Waals surface area contributed by atoms with Gasteiger partial charge < -0.3 is 10.6 Å². The molecule has 2 N–H and O–H groups in total. The van der Waals surface area contributed by atoms with Crippen molar-refractivity contribution in [2.24, 2.45) is 0 Å². The molecule has 0 aliphatic carbocycles. The van der Waals surface area contributed by atoms with Gasteiger partial charge in [-0.2, -0.15) is 0 Å². The van der Waals surface area contributed by atoms with Crippen LogP contribution >= 0.6 is 0 Å². The van der Waals surface area contributed by atoms with Crippen LogP contribution in [0.5, 0.6) is 0 Å². The number of hydrogen-bond donors (Lipinski definition) is 2. The second-order valence-electron chi connectivity index (χ2n) is 4.61. The van der Waals surface area contributed by atoms with E-state index in [-0.39, 0.29) is 11.3 Å². The van der Waals surface area contributed by atoms with Crippen LogP contribution in [-0.4, -0.2) is 12.5 Å². The third kappa shape index (κ3) is 3.37. The molecule has 0 heterocycles. The summed E-state index contributed by atoms with van der Waals surface area (Å²) in [6.07, 6.45) is 0. The molecule has 21 heavy (non-hydrogen) atoms. The zero-order chi connectivity index (χ0) is 15.4. The highest BCUT2D eigenvalue weighted by Crippen LogP contribution is 2.22. The summed E-state index contributed by atoms with van der Waals surface area (Å²) in [6, 6.07) is 8.38. The van der Waals surface area contributed by atoms with Crippen LogP contribution in [0.15, 0.2) is 36.4 Å². The lowest BCUT2D eigenvalue weighted by atomic mass is 10.1. The molecule has 0 saturated heterocycles. The summed E-state index contributed by atoms with van der Waals surface area (Å²) < 4.78 is 27.0. The van der Waals surface area contributed by atoms with Crippen molar-refractivity contribution in [3.8, 4) is 0 Å². The maximum atomic E-state index is 13.8. The quantitative estimate of drug-likeness (QED) is 0.895. The van der Waals surface area contributed by atoms with Gasteiger partial charge in [0.1, 0.15) is 11.6 Å². The molecule has 0 bridgehead atoms. The molecule has 2 rings (SSSR count). The molecule has 5 heteroatoms. The van der Waals surface area contributed by atoms with E-state index in [9.17, 15) is 13.6 Å². The minimum Gasteiger partial charge on any atom is -0.382 e. The Morgan fingerprint density at radius 2 is 1.95 bits per heavy atom. The summed E-state index contributed by atoms with van der Waals surface area (Å²) in [6.45, 7) is 4.05. The smallest absolute Gasteiger partial charge is 0.257 e. The first-order chi connectivity index (χ1) is 10.0. The van der Waals surface area contributed by atoms with Crippen molar-refractivity contribution >= 4 is 17.3 Å². The van der Waals surface area contributed by atoms with Gasteiger partial charge in [-0.1, -0.05) is 12.1 Å². The second-order valence-corrected chi connectivity index (χ2v) is 4.61. The molecule has 0 saturated carbocycles. The van der Waals surface area contributed by atoms with E-state index in [4.69, 9.17) is 0 Å². The molecule has 0 radical (unpaired) electrons. The van der Waals surface area contributed by atoms with Gasteiger partial charge in [-0.05, 0) is 43.7 Å². The number of para-hydroxylation sites is 1. The predicted octanol–water partition coefficient (Wildman–Crippen LogP) is 3.96. The van der Waals surface area contributed by atoms with E-state index in [0.717, 1.165) is 5.56 Å². The summed E-state index contributed by atoms with van der Waals surface area (Å²) in [5, 5.41) is 5.43. The number of halogens is 2. The van der Waals surface area contributed by atoms with E-state index < -0.39 is 17.5 Å². The van der Waals surface area contributed by atoms with Gasteiger partial charge >= 0.3 is 0 Å². The fourth-order valence-corrected chi connectivity index (χ4v) is 1.99. The molecule has 0 aliphatic heterocycles. The van der Waals surface area contributed by atoms with Gasteiger partial charge in [-0.3, -0.25) is 4.79 Å². The Hall–Kier alpha value is -2.43. The van der Waals surface area contributed by atoms with E-state index in [0.29, 0.717) is 12.2 Å². The standard InChI is InChI=1S/C16H16F2N2O/c1-3-19-15-12(5-4-6-13(15)18)16(21)20-14-9-11(17)8-7-10(14)2/h4-9,19H,3H2,1-2H3,(H,20,21). The van der Waals surface area contributed by atoms with Crippen molar-refractivity contribution in [3.05, 3.63) is 59.2 Å². The van der Waals surface area contributed by atoms with Gasteiger partial charge in [0.25, 0.3) is 5.91 Å². The predicted molar refractivity (Wildman–Crippen MR) is 79.7 cm³/mol. The lowest BCUT2D eigenvalue weighted by molar-refractivity contribution is 0.102. The number of hydrogen-bond acceptors (Lipinski definition) is 2. The molecule has 110 valence electrons. The van der Waals surface area contributed by atoms with Crippen LogP contribution in [0.2, 0.25) is 0 Å². The molecule has 0 aromatic heterocycles. The lowest BCUT2D eigenvalue weighted by Crippen LogP contribution is -2.16. The third-order valence-electron chi connectivity index (χ3n) is 3.06. The Morgan fingerprint density at radius 1 is 1.19 bits per heavy atom. The highest BCUT2D eigenvalue weighted by molar-refractivity contribution is 6.08. The zero-order valence-corrected chi connectivity index (χ0v) is 11.8. The topological polar surface area (TPSA) is 41.1 Å². The molecule has 2 aromatic rings. The molecule has 0 aliphatic rings. The molecule has 3 nitrogen and oxygen atoms in total. The van der Waals surface area contributed by atoms with Crippen LogP contribution < -0.4 is 10.6 Å². The second kappa shape index (κ2) is 6.35. The normalized spacial score (nSPS) is 10.3. The molecule has 2 aromatic carbocycles. The Labute approximate surface area is 122 Å². The highest BCUT2D eigenvalue weighted by Gasteiger charge is 2.15. The van der Waals surface area contributed by atoms with Crippen LogP contribution in [0.25, 0.3) is 0 Å². The Kier molecular flexibility index (Phi) is 4.52. The van der Waals surface area contributed by atoms with Crippen molar-refractivity contribution in [3.63, 3.8) is 0 Å². The fourth-order valence-electron chi connectivity index (χ4n) is 1.99. The van der Waals surface area contributed by atoms with E-state index in [2.05, 4.69) is 10.6 Å². The number of amides is 1. The van der Waals surface area contributed by atoms with Crippen LogP contribution in [0.1, 0.15) is 22.8 Å². The summed E-state index contributed by atoms with van der Waals surface area (Å²) in [7, 11) is 0. The highest BCUT2D eigenvalue weighted by atomic mass is 19.1. The summed E-state index contributed by atoms with van der Waals surface area (Å²) in [5.74, 6) is -1.43. The minimum atomic E-state index is -0.500. The minimum absolute atomic E-state index is 0.145. The van der Waals surface area contributed by atoms with Crippen LogP contribution in [-0.2, 0) is 0 Å². The molecule has 0 atom stereocenters. The summed E-state index contributed by atoms with van der Waals surface area (Å²) >= 11 is 0. The fraction of sp³-hybridized carbons (Fsp3) is 0.188. The Bertz CT molecular complexity index is 671. The molecular weight excluding hydrogens is 274 g/mol. The summed E-state index contributed by atoms with van der Waals surface area (Å²) in [5.41, 5.74) is 1.42. The van der Waals surface area contributed by atoms with Gasteiger partial charge in [0.2, 0.25) is 0 Å². The summed E-state index contributed by atoms with van der Waals surface area (Å²) in [4.78, 5) is 12.3. The van der Waals surface area contributed by atoms with Crippen molar-refractivity contribution in [2.45, 2.75) is 13.8 Å². The van der Waals surface area contributed by atoms with Gasteiger partial charge in [-0.15, -0.1) is 0 Å². The molecular formula is C16H16F2N2O. The zero-order valence-electron chi connectivity index (χ0n) is 11.8. The largest absolute Gasteiger partial charge is 0.382 e. The van der Waals surface area contributed by atoms with E-state index in [1.54, 1.807) is 13.0 Å². The average molecular weight is 290 g/mol. The maximum absolute atomic E-state index is 13.8. The van der Waals surface area contributed by atoms with Gasteiger partial charge in [0, 0.05) is 12.2 Å². The Balaban J connectivity index is 2.32. The van der Waals surface area contributed by atoms with Crippen LogP contribution in [0.3, 0.4) is 0 Å². The average Bonchev–Trinajstić information content (AvgIpc) is 2.45. The lowest BCUT2D eigenvalue weighted by Gasteiger charge is -2.13. The first-order valence-corrected chi connectivity index (χ1v) is 6.62. The number of benzene rings is 2. The number of anilines is 2. The monoisotopic (exact) mass is 290 g/mol. The van der Waals surface area contributed by atoms with E-state index in [1.807, 2.05) is 6.92 Å². The van der Waals surface area contributed by atoms with Crippen LogP contribution in [0.4, 0.5) is 20.2 Å². The molecule has 1 amide bonds. The van der Waals surface area contributed by atoms with Gasteiger partial charge in [0.05, 0.1) is 11.3 Å². The Morgan fingerprint density at radius 3 is 2.67 bits per heavy atom. The number of nitrogens with one attached hydrogen (secondary N) is 2. The van der Waals surface area contributed by atoms with E-state index >= 15 is 0 Å². The van der Waals surface area contributed by atoms with Crippen molar-refractivity contribution < 1.29 is 13.6 Å². The molecule has 0 spiro atoms. The van der Waals surface area contributed by atoms with Gasteiger partial charge in [-0.25, -0.2) is 8.78 Å². The number of carbonyl (C=O) groups is 1. The third-order valence-corrected chi connectivity index (χ3v) is 3.06. The number of rotatable bonds is 4. The number of aryl methyl sites for hydroxylation is 1. The SMILES string of the molecule is CCNc1c(F)cccc1C(=O)Nc1cc(F)ccc1C. The van der Waals surface area contributed by atoms with Crippen LogP contribution in [0, 0.1) is 18.6 Å². The van der Waals surface area contributed by atoms with Crippen molar-refractivity contribution in [1.82, 2.24) is 0 Å². The van der Waals surface area contributed by atoms with E-state index in [1.165, 1.54) is 30.3 Å². The first kappa shape index (κ1) is 15.0. The van der Waals surface area contributed by atoms with Crippen molar-refractivity contribution in [1.29, 1.82) is 0 Å². The van der Waals surface area contributed by atoms with Gasteiger partial charge in [0.15, 0.2) is 0 Å². The first-order valence-electron chi connectivity index (χ1n) is 6.62. The number of carbonyl (C=O) groups excluding carboxylic acids is 1.